The van der Waals surface area contributed by atoms with E-state index in [1.54, 1.807) is 17.6 Å². The predicted octanol–water partition coefficient (Wildman–Crippen LogP) is 4.53. The number of Topliss-reactive ketones (excluding diaryl/α,β-unsaturated/α-hetero) is 1. The van der Waals surface area contributed by atoms with Crippen LogP contribution in [0.4, 0.5) is 0 Å². The van der Waals surface area contributed by atoms with E-state index < -0.39 is 0 Å². The number of furan rings is 1. The van der Waals surface area contributed by atoms with Crippen molar-refractivity contribution in [3.05, 3.63) is 74.3 Å². The van der Waals surface area contributed by atoms with Gasteiger partial charge in [-0.25, -0.2) is 4.98 Å². The van der Waals surface area contributed by atoms with Crippen molar-refractivity contribution in [3.63, 3.8) is 0 Å². The molecule has 1 aliphatic rings. The number of hydrogen-bond donors (Lipinski definition) is 0. The van der Waals surface area contributed by atoms with Gasteiger partial charge in [-0.1, -0.05) is 6.92 Å². The van der Waals surface area contributed by atoms with Crippen LogP contribution >= 0.6 is 11.3 Å². The highest BCUT2D eigenvalue weighted by Crippen LogP contribution is 2.35. The number of ketones is 1. The summed E-state index contributed by atoms with van der Waals surface area (Å²) in [5, 5.41) is 0.713. The molecule has 7 heteroatoms. The van der Waals surface area contributed by atoms with Gasteiger partial charge in [0.15, 0.2) is 5.78 Å². The lowest BCUT2D eigenvalue weighted by Crippen LogP contribution is -2.25. The predicted molar refractivity (Wildman–Crippen MR) is 121 cm³/mol. The number of rotatable bonds is 5. The summed E-state index contributed by atoms with van der Waals surface area (Å²) in [7, 11) is 0. The molecular formula is C24H25N3O3S. The van der Waals surface area contributed by atoms with Gasteiger partial charge in [0.1, 0.15) is 10.6 Å². The van der Waals surface area contributed by atoms with Crippen LogP contribution in [-0.4, -0.2) is 19.9 Å². The maximum absolute atomic E-state index is 13.2. The molecule has 0 radical (unpaired) electrons. The van der Waals surface area contributed by atoms with E-state index in [9.17, 15) is 9.59 Å². The topological polar surface area (TPSA) is 70.0 Å². The molecule has 4 heterocycles. The maximum Gasteiger partial charge on any atom is 0.262 e. The molecule has 4 aromatic heterocycles. The van der Waals surface area contributed by atoms with Gasteiger partial charge in [-0.05, 0) is 62.8 Å². The highest BCUT2D eigenvalue weighted by molar-refractivity contribution is 7.18. The fourth-order valence-corrected chi connectivity index (χ4v) is 5.94. The molecule has 31 heavy (non-hydrogen) atoms. The van der Waals surface area contributed by atoms with E-state index in [1.165, 1.54) is 15.8 Å². The van der Waals surface area contributed by atoms with Crippen molar-refractivity contribution in [2.75, 3.05) is 0 Å². The maximum atomic E-state index is 13.2. The lowest BCUT2D eigenvalue weighted by atomic mass is 9.89. The first kappa shape index (κ1) is 20.0. The molecule has 0 aliphatic heterocycles. The minimum atomic E-state index is -0.102. The summed E-state index contributed by atoms with van der Waals surface area (Å²) in [5.41, 5.74) is 3.54. The van der Waals surface area contributed by atoms with Crippen LogP contribution in [0, 0.1) is 19.8 Å². The Morgan fingerprint density at radius 2 is 2.19 bits per heavy atom. The molecule has 1 aliphatic carbocycles. The smallest absolute Gasteiger partial charge is 0.262 e. The second-order valence-corrected chi connectivity index (χ2v) is 9.67. The van der Waals surface area contributed by atoms with E-state index in [0.717, 1.165) is 46.8 Å². The highest BCUT2D eigenvalue weighted by atomic mass is 32.1. The SMILES string of the molecule is Cc1cc(C(=O)Cn2cnc3sc4c(c3c2=O)CC[C@@H](C)C4)c(C)n1Cc1ccco1. The van der Waals surface area contributed by atoms with Gasteiger partial charge in [0, 0.05) is 21.8 Å². The standard InChI is InChI=1S/C24H25N3O3S/c1-14-6-7-18-21(9-14)31-23-22(18)24(29)26(13-25-23)12-20(28)19-10-15(2)27(16(19)3)11-17-5-4-8-30-17/h4-5,8,10,13-14H,6-7,9,11-12H2,1-3H3/t14-/m1/s1. The Labute approximate surface area is 184 Å². The second kappa shape index (κ2) is 7.64. The van der Waals surface area contributed by atoms with Crippen LogP contribution in [0.15, 0.2) is 40.0 Å². The van der Waals surface area contributed by atoms with Gasteiger partial charge < -0.3 is 8.98 Å². The van der Waals surface area contributed by atoms with Crippen LogP contribution in [0.3, 0.4) is 0 Å². The molecule has 0 aromatic carbocycles. The largest absolute Gasteiger partial charge is 0.467 e. The van der Waals surface area contributed by atoms with Crippen LogP contribution in [-0.2, 0) is 25.9 Å². The van der Waals surface area contributed by atoms with Crippen LogP contribution in [0.2, 0.25) is 0 Å². The average Bonchev–Trinajstić information content (AvgIpc) is 3.44. The average molecular weight is 436 g/mol. The van der Waals surface area contributed by atoms with Crippen molar-refractivity contribution in [3.8, 4) is 0 Å². The van der Waals surface area contributed by atoms with Gasteiger partial charge in [0.25, 0.3) is 5.56 Å². The zero-order valence-corrected chi connectivity index (χ0v) is 18.8. The fourth-order valence-electron chi connectivity index (χ4n) is 4.60. The van der Waals surface area contributed by atoms with Crippen LogP contribution < -0.4 is 5.56 Å². The van der Waals surface area contributed by atoms with E-state index >= 15 is 0 Å². The molecule has 0 fully saturated rings. The summed E-state index contributed by atoms with van der Waals surface area (Å²) in [5.74, 6) is 1.39. The number of carbonyl (C=O) groups is 1. The van der Waals surface area contributed by atoms with Crippen LogP contribution in [0.25, 0.3) is 10.2 Å². The molecule has 160 valence electrons. The molecule has 4 aromatic rings. The summed E-state index contributed by atoms with van der Waals surface area (Å²) in [6, 6.07) is 5.67. The van der Waals surface area contributed by atoms with Gasteiger partial charge in [-0.15, -0.1) is 11.3 Å². The number of hydrogen-bond acceptors (Lipinski definition) is 5. The molecule has 0 saturated carbocycles. The number of nitrogens with zero attached hydrogens (tertiary/aromatic N) is 3. The van der Waals surface area contributed by atoms with E-state index in [4.69, 9.17) is 4.42 Å². The number of carbonyl (C=O) groups excluding carboxylic acids is 1. The van der Waals surface area contributed by atoms with Gasteiger partial charge in [-0.2, -0.15) is 0 Å². The van der Waals surface area contributed by atoms with E-state index in [1.807, 2.05) is 32.0 Å². The lowest BCUT2D eigenvalue weighted by molar-refractivity contribution is 0.0970. The molecule has 0 N–H and O–H groups in total. The molecule has 5 rings (SSSR count). The Balaban J connectivity index is 1.46. The van der Waals surface area contributed by atoms with E-state index in [-0.39, 0.29) is 17.9 Å². The molecule has 1 atom stereocenters. The lowest BCUT2D eigenvalue weighted by Gasteiger charge is -2.17. The molecule has 6 nitrogen and oxygen atoms in total. The zero-order valence-electron chi connectivity index (χ0n) is 18.0. The molecule has 0 spiro atoms. The monoisotopic (exact) mass is 435 g/mol. The normalized spacial score (nSPS) is 16.0. The highest BCUT2D eigenvalue weighted by Gasteiger charge is 2.24. The quantitative estimate of drug-likeness (QED) is 0.432. The Morgan fingerprint density at radius 1 is 1.35 bits per heavy atom. The molecule has 0 saturated heterocycles. The van der Waals surface area contributed by atoms with Crippen molar-refractivity contribution in [1.82, 2.24) is 14.1 Å². The molecule has 0 unspecified atom stereocenters. The van der Waals surface area contributed by atoms with Crippen LogP contribution in [0.5, 0.6) is 0 Å². The summed E-state index contributed by atoms with van der Waals surface area (Å²) in [6.07, 6.45) is 6.19. The third kappa shape index (κ3) is 3.47. The van der Waals surface area contributed by atoms with Gasteiger partial charge in [0.2, 0.25) is 0 Å². The molecule has 0 amide bonds. The summed E-state index contributed by atoms with van der Waals surface area (Å²) >= 11 is 1.63. The number of fused-ring (bicyclic) bond motifs is 3. The molecule has 0 bridgehead atoms. The number of aromatic nitrogens is 3. The summed E-state index contributed by atoms with van der Waals surface area (Å²) in [4.78, 5) is 33.0. The fraction of sp³-hybridized carbons (Fsp3) is 0.375. The van der Waals surface area contributed by atoms with Crippen molar-refractivity contribution in [2.24, 2.45) is 5.92 Å². The Bertz CT molecular complexity index is 1340. The third-order valence-electron chi connectivity index (χ3n) is 6.36. The third-order valence-corrected chi connectivity index (χ3v) is 7.53. The van der Waals surface area contributed by atoms with Crippen molar-refractivity contribution in [2.45, 2.75) is 53.1 Å². The van der Waals surface area contributed by atoms with Gasteiger partial charge in [-0.3, -0.25) is 14.2 Å². The zero-order chi connectivity index (χ0) is 21.7. The first-order valence-corrected chi connectivity index (χ1v) is 11.5. The minimum absolute atomic E-state index is 0.00611. The first-order chi connectivity index (χ1) is 14.9. The van der Waals surface area contributed by atoms with Crippen LogP contribution in [0.1, 0.15) is 51.3 Å². The van der Waals surface area contributed by atoms with Crippen molar-refractivity contribution in [1.29, 1.82) is 0 Å². The van der Waals surface area contributed by atoms with E-state index in [0.29, 0.717) is 23.4 Å². The Morgan fingerprint density at radius 3 is 2.97 bits per heavy atom. The summed E-state index contributed by atoms with van der Waals surface area (Å²) < 4.78 is 8.98. The van der Waals surface area contributed by atoms with Gasteiger partial charge >= 0.3 is 0 Å². The number of aryl methyl sites for hydroxylation is 2. The summed E-state index contributed by atoms with van der Waals surface area (Å²) in [6.45, 7) is 6.73. The van der Waals surface area contributed by atoms with Crippen molar-refractivity contribution < 1.29 is 9.21 Å². The second-order valence-electron chi connectivity index (χ2n) is 8.58. The first-order valence-electron chi connectivity index (χ1n) is 10.6. The van der Waals surface area contributed by atoms with Gasteiger partial charge in [0.05, 0.1) is 31.1 Å². The Hall–Kier alpha value is -2.93. The van der Waals surface area contributed by atoms with Crippen molar-refractivity contribution >= 4 is 27.3 Å². The van der Waals surface area contributed by atoms with E-state index in [2.05, 4.69) is 16.5 Å². The number of thiophene rings is 1. The minimum Gasteiger partial charge on any atom is -0.467 e. The molecular weight excluding hydrogens is 410 g/mol. The Kier molecular flexibility index (Phi) is 4.93.